The van der Waals surface area contributed by atoms with Crippen molar-refractivity contribution >= 4 is 17.8 Å². The van der Waals surface area contributed by atoms with Crippen LogP contribution in [0.5, 0.6) is 0 Å². The molecule has 1 aromatic heterocycles. The van der Waals surface area contributed by atoms with Crippen LogP contribution >= 0.6 is 0 Å². The molecule has 0 saturated heterocycles. The van der Waals surface area contributed by atoms with E-state index >= 15 is 0 Å². The van der Waals surface area contributed by atoms with Gasteiger partial charge in [-0.2, -0.15) is 0 Å². The molecule has 7 heteroatoms. The van der Waals surface area contributed by atoms with Crippen molar-refractivity contribution in [3.8, 4) is 0 Å². The van der Waals surface area contributed by atoms with Gasteiger partial charge in [0.05, 0.1) is 0 Å². The van der Waals surface area contributed by atoms with Crippen molar-refractivity contribution in [2.75, 3.05) is 7.05 Å². The van der Waals surface area contributed by atoms with Crippen molar-refractivity contribution < 1.29 is 19.8 Å². The van der Waals surface area contributed by atoms with Crippen LogP contribution in [-0.4, -0.2) is 44.9 Å². The number of pyridine rings is 1. The number of hydrogen-bond acceptors (Lipinski definition) is 5. The quantitative estimate of drug-likeness (QED) is 0.533. The molecule has 0 aliphatic carbocycles. The van der Waals surface area contributed by atoms with Crippen molar-refractivity contribution in [3.63, 3.8) is 0 Å². The standard InChI is InChI=1S/C23H23N3.C4H4O4/c1-26-17-20-9-5-6-10-21(20)23(19-13-15-24-16-14-19)25-22(26)12-11-18-7-3-2-4-8-18;5-3(6)1-2-4(7)8/h2-10,13-16,23H,11-12,17H2,1H3;1-2H,(H,5,6)(H,7,8). The molecule has 2 heterocycles. The molecule has 0 bridgehead atoms. The number of aromatic nitrogens is 1. The molecule has 2 aromatic carbocycles. The Labute approximate surface area is 198 Å². The number of carboxylic acids is 2. The van der Waals surface area contributed by atoms with Gasteiger partial charge in [-0.3, -0.25) is 9.98 Å². The highest BCUT2D eigenvalue weighted by Crippen LogP contribution is 2.32. The Balaban J connectivity index is 0.000000350. The van der Waals surface area contributed by atoms with Crippen molar-refractivity contribution in [2.45, 2.75) is 25.4 Å². The first-order chi connectivity index (χ1) is 16.4. The molecule has 0 fully saturated rings. The second-order valence-electron chi connectivity index (χ2n) is 7.78. The SMILES string of the molecule is CN1Cc2ccccc2C(c2ccncc2)N=C1CCc1ccccc1.O=C(O)C=CC(=O)O. The summed E-state index contributed by atoms with van der Waals surface area (Å²) in [6.45, 7) is 0.894. The Bertz CT molecular complexity index is 1140. The molecule has 0 radical (unpaired) electrons. The summed E-state index contributed by atoms with van der Waals surface area (Å²) in [7, 11) is 2.15. The third-order valence-electron chi connectivity index (χ3n) is 5.35. The van der Waals surface area contributed by atoms with Crippen LogP contribution in [0.15, 0.2) is 96.3 Å². The van der Waals surface area contributed by atoms with E-state index in [2.05, 4.69) is 83.7 Å². The smallest absolute Gasteiger partial charge is 0.328 e. The van der Waals surface area contributed by atoms with Crippen LogP contribution in [0.4, 0.5) is 0 Å². The fraction of sp³-hybridized carbons (Fsp3) is 0.185. The van der Waals surface area contributed by atoms with E-state index in [1.807, 2.05) is 12.4 Å². The Kier molecular flexibility index (Phi) is 8.68. The van der Waals surface area contributed by atoms with Gasteiger partial charge in [0.15, 0.2) is 0 Å². The lowest BCUT2D eigenvalue weighted by molar-refractivity contribution is -0.134. The monoisotopic (exact) mass is 457 g/mol. The summed E-state index contributed by atoms with van der Waals surface area (Å²) in [4.78, 5) is 30.8. The molecule has 1 aliphatic heterocycles. The van der Waals surface area contributed by atoms with E-state index in [4.69, 9.17) is 15.2 Å². The average Bonchev–Trinajstić information content (AvgIpc) is 2.99. The van der Waals surface area contributed by atoms with Crippen LogP contribution in [0.2, 0.25) is 0 Å². The lowest BCUT2D eigenvalue weighted by atomic mass is 9.96. The van der Waals surface area contributed by atoms with Gasteiger partial charge in [0.2, 0.25) is 0 Å². The van der Waals surface area contributed by atoms with E-state index in [0.717, 1.165) is 25.2 Å². The Morgan fingerprint density at radius 2 is 1.53 bits per heavy atom. The summed E-state index contributed by atoms with van der Waals surface area (Å²) < 4.78 is 0. The fourth-order valence-electron chi connectivity index (χ4n) is 3.71. The van der Waals surface area contributed by atoms with Gasteiger partial charge >= 0.3 is 11.9 Å². The summed E-state index contributed by atoms with van der Waals surface area (Å²) in [5.41, 5.74) is 5.18. The van der Waals surface area contributed by atoms with Crippen LogP contribution in [0.3, 0.4) is 0 Å². The van der Waals surface area contributed by atoms with Gasteiger partial charge in [-0.05, 0) is 40.8 Å². The number of rotatable bonds is 6. The number of aliphatic carboxylic acids is 2. The maximum atomic E-state index is 9.55. The number of carboxylic acid groups (broad SMARTS) is 2. The Morgan fingerprint density at radius 1 is 0.912 bits per heavy atom. The Hall–Kier alpha value is -4.26. The highest BCUT2D eigenvalue weighted by molar-refractivity contribution is 5.89. The molecule has 7 nitrogen and oxygen atoms in total. The number of fused-ring (bicyclic) bond motifs is 1. The molecule has 34 heavy (non-hydrogen) atoms. The molecule has 174 valence electrons. The normalized spacial score (nSPS) is 14.9. The number of nitrogens with zero attached hydrogens (tertiary/aromatic N) is 3. The van der Waals surface area contributed by atoms with E-state index in [9.17, 15) is 9.59 Å². The maximum absolute atomic E-state index is 9.55. The summed E-state index contributed by atoms with van der Waals surface area (Å²) in [5, 5.41) is 15.6. The molecule has 1 unspecified atom stereocenters. The average molecular weight is 458 g/mol. The molecule has 1 aliphatic rings. The van der Waals surface area contributed by atoms with Gasteiger partial charge in [0, 0.05) is 44.6 Å². The van der Waals surface area contributed by atoms with Gasteiger partial charge in [0.1, 0.15) is 11.9 Å². The Morgan fingerprint density at radius 3 is 2.18 bits per heavy atom. The van der Waals surface area contributed by atoms with Crippen LogP contribution in [0.1, 0.15) is 34.7 Å². The summed E-state index contributed by atoms with van der Waals surface area (Å²) in [6.07, 6.45) is 6.77. The first kappa shape index (κ1) is 24.4. The second kappa shape index (κ2) is 12.1. The number of hydrogen-bond donors (Lipinski definition) is 2. The van der Waals surface area contributed by atoms with Gasteiger partial charge in [-0.15, -0.1) is 0 Å². The highest BCUT2D eigenvalue weighted by Gasteiger charge is 2.23. The van der Waals surface area contributed by atoms with Crippen LogP contribution in [0, 0.1) is 0 Å². The molecule has 0 amide bonds. The third kappa shape index (κ3) is 7.13. The zero-order valence-corrected chi connectivity index (χ0v) is 18.9. The number of amidine groups is 1. The zero-order chi connectivity index (χ0) is 24.3. The van der Waals surface area contributed by atoms with Gasteiger partial charge in [-0.1, -0.05) is 54.6 Å². The minimum Gasteiger partial charge on any atom is -0.478 e. The van der Waals surface area contributed by atoms with Gasteiger partial charge in [0.25, 0.3) is 0 Å². The number of benzene rings is 2. The lowest BCUT2D eigenvalue weighted by Gasteiger charge is -2.20. The second-order valence-corrected chi connectivity index (χ2v) is 7.78. The zero-order valence-electron chi connectivity index (χ0n) is 18.9. The number of aryl methyl sites for hydroxylation is 1. The van der Waals surface area contributed by atoms with E-state index in [-0.39, 0.29) is 6.04 Å². The van der Waals surface area contributed by atoms with Crippen molar-refractivity contribution in [1.82, 2.24) is 9.88 Å². The summed E-state index contributed by atoms with van der Waals surface area (Å²) in [5.74, 6) is -1.35. The topological polar surface area (TPSA) is 103 Å². The number of carbonyl (C=O) groups is 2. The van der Waals surface area contributed by atoms with Gasteiger partial charge < -0.3 is 15.1 Å². The molecule has 1 atom stereocenters. The molecular weight excluding hydrogens is 430 g/mol. The van der Waals surface area contributed by atoms with E-state index in [1.165, 1.54) is 22.3 Å². The lowest BCUT2D eigenvalue weighted by Crippen LogP contribution is -2.26. The minimum atomic E-state index is -1.26. The first-order valence-corrected chi connectivity index (χ1v) is 10.9. The van der Waals surface area contributed by atoms with E-state index in [1.54, 1.807) is 0 Å². The molecule has 0 spiro atoms. The first-order valence-electron chi connectivity index (χ1n) is 10.9. The van der Waals surface area contributed by atoms with Crippen molar-refractivity contribution in [2.24, 2.45) is 4.99 Å². The molecule has 3 aromatic rings. The van der Waals surface area contributed by atoms with E-state index in [0.29, 0.717) is 12.2 Å². The molecule has 2 N–H and O–H groups in total. The summed E-state index contributed by atoms with van der Waals surface area (Å²) >= 11 is 0. The predicted octanol–water partition coefficient (Wildman–Crippen LogP) is 4.36. The fourth-order valence-corrected chi connectivity index (χ4v) is 3.71. The highest BCUT2D eigenvalue weighted by atomic mass is 16.4. The maximum Gasteiger partial charge on any atom is 0.328 e. The van der Waals surface area contributed by atoms with Gasteiger partial charge in [-0.25, -0.2) is 9.59 Å². The molecule has 4 rings (SSSR count). The molecule has 0 saturated carbocycles. The van der Waals surface area contributed by atoms with Crippen molar-refractivity contribution in [1.29, 1.82) is 0 Å². The van der Waals surface area contributed by atoms with Crippen LogP contribution in [0.25, 0.3) is 0 Å². The largest absolute Gasteiger partial charge is 0.478 e. The molecular formula is C27H27N3O4. The van der Waals surface area contributed by atoms with E-state index < -0.39 is 11.9 Å². The predicted molar refractivity (Wildman–Crippen MR) is 131 cm³/mol. The van der Waals surface area contributed by atoms with Crippen molar-refractivity contribution in [3.05, 3.63) is 114 Å². The third-order valence-corrected chi connectivity index (χ3v) is 5.35. The summed E-state index contributed by atoms with van der Waals surface area (Å²) in [6, 6.07) is 23.5. The number of aliphatic imine (C=N–C) groups is 1. The minimum absolute atomic E-state index is 0.0323. The van der Waals surface area contributed by atoms with Crippen LogP contribution < -0.4 is 0 Å². The van der Waals surface area contributed by atoms with Crippen LogP contribution in [-0.2, 0) is 22.6 Å².